The van der Waals surface area contributed by atoms with E-state index in [2.05, 4.69) is 15.0 Å². The highest BCUT2D eigenvalue weighted by molar-refractivity contribution is 6.36. The molecule has 0 saturated carbocycles. The number of non-ortho nitro benzene ring substituents is 2. The van der Waals surface area contributed by atoms with E-state index < -0.39 is 33.0 Å². The summed E-state index contributed by atoms with van der Waals surface area (Å²) in [7, 11) is 4.64. The maximum absolute atomic E-state index is 14.2. The van der Waals surface area contributed by atoms with Crippen LogP contribution in [0.5, 0.6) is 80.5 Å². The molecule has 6 aromatic carbocycles. The molecule has 26 heteroatoms. The predicted octanol–water partition coefficient (Wildman–Crippen LogP) is 11.5. The first-order valence-electron chi connectivity index (χ1n) is 23.6. The Morgan fingerprint density at radius 1 is 0.487 bits per heavy atom. The molecule has 0 saturated heterocycles. The van der Waals surface area contributed by atoms with Gasteiger partial charge in [-0.05, 0) is 42.5 Å². The van der Waals surface area contributed by atoms with Crippen molar-refractivity contribution in [2.24, 2.45) is 0 Å². The fourth-order valence-electron chi connectivity index (χ4n) is 8.07. The Labute approximate surface area is 454 Å². The first kappa shape index (κ1) is 54.6. The number of nitrogens with two attached hydrogens (primary N) is 1. The Bertz CT molecular complexity index is 3850. The van der Waals surface area contributed by atoms with Crippen molar-refractivity contribution in [2.45, 2.75) is 0 Å². The topological polar surface area (TPSA) is 273 Å². The van der Waals surface area contributed by atoms with Crippen molar-refractivity contribution in [3.63, 3.8) is 0 Å². The number of nitrogen functional groups attached to an aromatic ring is 1. The van der Waals surface area contributed by atoms with E-state index in [1.165, 1.54) is 37.6 Å². The average molecular weight is 1120 g/mol. The standard InChI is InChI=1S/C18H13FN2O6.C18H15FN2O4.C12H10ClNO3.C6H4FNO3/c1-24-15-9-12-16(18-17(15)25-6-7-26-18)14(4-5-20-12)27-13-3-2-10(21(22)23)8-11(13)19;1-22-15-9-12-16(18-17(15)23-6-7-24-18)14(4-5-21-12)25-13-3-2-10(20)8-11(13)19;1-15-9-6-8-10(7(13)2-3-14-8)12-11(9)16-4-5-17-12;7-5-3-4(8(10)11)1-2-6(5)9/h2-5,8-9H,6-7H2,1H3;2-5,8-9H,6-7,20H2,1H3;2-3,6H,4-5H2,1H3;1-3,9H. The van der Waals surface area contributed by atoms with E-state index in [0.29, 0.717) is 136 Å². The van der Waals surface area contributed by atoms with Crippen molar-refractivity contribution in [1.82, 2.24) is 15.0 Å². The highest BCUT2D eigenvalue weighted by Crippen LogP contribution is 2.51. The van der Waals surface area contributed by atoms with E-state index in [9.17, 15) is 33.4 Å². The molecule has 0 amide bonds. The average Bonchev–Trinajstić information content (AvgIpc) is 3.49. The number of benzene rings is 6. The highest BCUT2D eigenvalue weighted by Gasteiger charge is 2.27. The van der Waals surface area contributed by atoms with Gasteiger partial charge in [0.05, 0.1) is 81.0 Å². The SMILES string of the molecule is COc1cc2nccc(Cl)c2c2c1OCCO2.COc1cc2nccc(Oc3ccc(N)cc3F)c2c2c1OCCO2.COc1cc2nccc(Oc3ccc([N+](=O)[O-])cc3F)c2c2c1OCCO2.O=[N+]([O-])c1ccc(O)c(F)c1. The number of phenols is 1. The lowest BCUT2D eigenvalue weighted by atomic mass is 10.1. The van der Waals surface area contributed by atoms with E-state index in [4.69, 9.17) is 74.5 Å². The van der Waals surface area contributed by atoms with Gasteiger partial charge in [0.1, 0.15) is 51.1 Å². The van der Waals surface area contributed by atoms with Crippen molar-refractivity contribution < 1.29 is 80.2 Å². The van der Waals surface area contributed by atoms with Gasteiger partial charge in [0.15, 0.2) is 69.2 Å². The molecular weight excluding hydrogens is 1080 g/mol. The van der Waals surface area contributed by atoms with Crippen LogP contribution in [-0.2, 0) is 0 Å². The van der Waals surface area contributed by atoms with Crippen LogP contribution in [0.1, 0.15) is 0 Å². The number of pyridine rings is 3. The van der Waals surface area contributed by atoms with Crippen LogP contribution < -0.4 is 57.8 Å². The van der Waals surface area contributed by atoms with Crippen molar-refractivity contribution >= 4 is 61.4 Å². The van der Waals surface area contributed by atoms with Crippen molar-refractivity contribution in [2.75, 3.05) is 66.7 Å². The smallest absolute Gasteiger partial charge is 0.272 e. The van der Waals surface area contributed by atoms with Crippen LogP contribution in [0.15, 0.2) is 110 Å². The summed E-state index contributed by atoms with van der Waals surface area (Å²) in [6, 6.07) is 20.2. The van der Waals surface area contributed by atoms with E-state index in [-0.39, 0.29) is 28.6 Å². The van der Waals surface area contributed by atoms with E-state index in [1.54, 1.807) is 69.1 Å². The molecule has 12 rings (SSSR count). The number of halogens is 4. The van der Waals surface area contributed by atoms with Gasteiger partial charge in [-0.15, -0.1) is 0 Å². The lowest BCUT2D eigenvalue weighted by molar-refractivity contribution is -0.385. The van der Waals surface area contributed by atoms with Gasteiger partial charge in [-0.3, -0.25) is 35.2 Å². The minimum Gasteiger partial charge on any atom is -0.505 e. The van der Waals surface area contributed by atoms with Crippen molar-refractivity contribution in [3.05, 3.63) is 152 Å². The van der Waals surface area contributed by atoms with Crippen LogP contribution in [0.4, 0.5) is 30.2 Å². The number of anilines is 1. The molecule has 3 aliphatic heterocycles. The first-order chi connectivity index (χ1) is 38.7. The molecular formula is C54H42ClF3N6O16. The molecule has 6 heterocycles. The molecule has 0 bridgehead atoms. The van der Waals surface area contributed by atoms with Gasteiger partial charge >= 0.3 is 0 Å². The van der Waals surface area contributed by atoms with Gasteiger partial charge in [0, 0.05) is 60.7 Å². The van der Waals surface area contributed by atoms with E-state index in [1.807, 2.05) is 0 Å². The second kappa shape index (κ2) is 24.0. The molecule has 22 nitrogen and oxygen atoms in total. The maximum atomic E-state index is 14.2. The molecule has 3 aromatic heterocycles. The van der Waals surface area contributed by atoms with Gasteiger partial charge in [-0.25, -0.2) is 13.2 Å². The molecule has 3 N–H and O–H groups in total. The molecule has 3 aliphatic rings. The Kier molecular flexibility index (Phi) is 16.4. The van der Waals surface area contributed by atoms with Gasteiger partial charge in [-0.2, -0.15) is 0 Å². The second-order valence-electron chi connectivity index (χ2n) is 16.6. The Morgan fingerprint density at radius 2 is 0.863 bits per heavy atom. The summed E-state index contributed by atoms with van der Waals surface area (Å²) < 4.78 is 102. The minimum absolute atomic E-state index is 0.0583. The zero-order valence-electron chi connectivity index (χ0n) is 42.0. The van der Waals surface area contributed by atoms with Crippen LogP contribution in [0.3, 0.4) is 0 Å². The number of aromatic hydroxyl groups is 1. The summed E-state index contributed by atoms with van der Waals surface area (Å²) >= 11 is 6.17. The van der Waals surface area contributed by atoms with Crippen LogP contribution in [0.25, 0.3) is 32.7 Å². The zero-order chi connectivity index (χ0) is 56.6. The predicted molar refractivity (Wildman–Crippen MR) is 282 cm³/mol. The minimum atomic E-state index is -0.987. The summed E-state index contributed by atoms with van der Waals surface area (Å²) in [5, 5.41) is 31.9. The van der Waals surface area contributed by atoms with Crippen molar-refractivity contribution in [1.29, 1.82) is 0 Å². The highest BCUT2D eigenvalue weighted by atomic mass is 35.5. The molecule has 0 aliphatic carbocycles. The summed E-state index contributed by atoms with van der Waals surface area (Å²) in [5.41, 5.74) is 7.00. The zero-order valence-corrected chi connectivity index (χ0v) is 42.8. The fraction of sp³-hybridized carbons (Fsp3) is 0.167. The molecule has 0 fully saturated rings. The summed E-state index contributed by atoms with van der Waals surface area (Å²) in [6.07, 6.45) is 4.72. The van der Waals surface area contributed by atoms with Crippen LogP contribution in [0, 0.1) is 37.7 Å². The summed E-state index contributed by atoms with van der Waals surface area (Å²) in [6.45, 7) is 2.50. The first-order valence-corrected chi connectivity index (χ1v) is 23.9. The summed E-state index contributed by atoms with van der Waals surface area (Å²) in [5.74, 6) is 2.16. The molecule has 0 atom stereocenters. The number of phenolic OH excluding ortho intramolecular Hbond substituents is 1. The van der Waals surface area contributed by atoms with E-state index >= 15 is 0 Å². The third-order valence-corrected chi connectivity index (χ3v) is 12.0. The molecule has 0 spiro atoms. The van der Waals surface area contributed by atoms with E-state index in [0.717, 1.165) is 29.1 Å². The Balaban J connectivity index is 0.000000135. The number of nitrogens with zero attached hydrogens (tertiary/aromatic N) is 5. The van der Waals surface area contributed by atoms with Gasteiger partial charge in [0.25, 0.3) is 11.4 Å². The number of aromatic nitrogens is 3. The maximum Gasteiger partial charge on any atom is 0.272 e. The number of ether oxygens (including phenoxy) is 11. The largest absolute Gasteiger partial charge is 0.505 e. The second-order valence-corrected chi connectivity index (χ2v) is 17.0. The number of hydrogen-bond acceptors (Lipinski definition) is 20. The van der Waals surface area contributed by atoms with Gasteiger partial charge in [-0.1, -0.05) is 11.6 Å². The number of rotatable bonds is 9. The molecule has 412 valence electrons. The van der Waals surface area contributed by atoms with Crippen LogP contribution in [0.2, 0.25) is 5.02 Å². The monoisotopic (exact) mass is 1120 g/mol. The number of nitro groups is 2. The summed E-state index contributed by atoms with van der Waals surface area (Å²) in [4.78, 5) is 32.2. The third-order valence-electron chi connectivity index (χ3n) is 11.6. The molecule has 0 unspecified atom stereocenters. The molecule has 80 heavy (non-hydrogen) atoms. The van der Waals surface area contributed by atoms with Crippen LogP contribution in [-0.4, -0.2) is 90.9 Å². The number of methoxy groups -OCH3 is 3. The number of hydrogen-bond donors (Lipinski definition) is 2. The molecule has 9 aromatic rings. The Hall–Kier alpha value is -10.2. The van der Waals surface area contributed by atoms with Gasteiger partial charge < -0.3 is 62.9 Å². The third kappa shape index (κ3) is 11.6. The quantitative estimate of drug-likeness (QED) is 0.0772. The normalized spacial score (nSPS) is 12.5. The number of fused-ring (bicyclic) bond motifs is 9. The fourth-order valence-corrected chi connectivity index (χ4v) is 8.31. The lowest BCUT2D eigenvalue weighted by Crippen LogP contribution is -2.16. The van der Waals surface area contributed by atoms with Gasteiger partial charge in [0.2, 0.25) is 17.2 Å². The van der Waals surface area contributed by atoms with Crippen LogP contribution >= 0.6 is 11.6 Å². The Morgan fingerprint density at radius 3 is 1.27 bits per heavy atom. The molecule has 0 radical (unpaired) electrons. The number of nitro benzene ring substituents is 2. The lowest BCUT2D eigenvalue weighted by Gasteiger charge is -2.23. The van der Waals surface area contributed by atoms with Crippen molar-refractivity contribution in [3.8, 4) is 80.5 Å².